The van der Waals surface area contributed by atoms with Crippen molar-refractivity contribution in [1.82, 2.24) is 0 Å². The van der Waals surface area contributed by atoms with Gasteiger partial charge in [-0.3, -0.25) is 28.8 Å². The topological polar surface area (TPSA) is 218 Å². The van der Waals surface area contributed by atoms with Gasteiger partial charge < -0.3 is 30.7 Å². The Bertz CT molecular complexity index is 2730. The molecule has 2 atom stereocenters. The van der Waals surface area contributed by atoms with Crippen molar-refractivity contribution in [2.75, 3.05) is 41.4 Å². The largest absolute Gasteiger partial charge is 0.497 e. The van der Waals surface area contributed by atoms with Gasteiger partial charge in [0.15, 0.2) is 11.6 Å². The lowest BCUT2D eigenvalue weighted by Crippen LogP contribution is -2.32. The van der Waals surface area contributed by atoms with Crippen molar-refractivity contribution in [3.8, 4) is 11.5 Å². The SMILES string of the molecule is COc1cc(CCl)cc(NC(=O)c2cc(N=NC(C(C)=O)C(=O)Nc3ccc(NC(=O)C(N=Nc4ccc(Cl)c(C(=O)Nc5cc(CCl)cc(OC)c5)c4)C(C)=O)c(CCCl)c3)ccc2Cl)c1. The van der Waals surface area contributed by atoms with Gasteiger partial charge in [-0.05, 0) is 116 Å². The number of aryl methyl sites for hydroxylation is 1. The molecule has 0 radical (unpaired) electrons. The molecular weight excluding hydrogens is 970 g/mol. The Labute approximate surface area is 409 Å². The summed E-state index contributed by atoms with van der Waals surface area (Å²) in [5.41, 5.74) is 3.50. The maximum absolute atomic E-state index is 13.5. The molecule has 0 bridgehead atoms. The number of halogens is 5. The number of carbonyl (C=O) groups is 6. The molecule has 4 amide bonds. The summed E-state index contributed by atoms with van der Waals surface area (Å²) in [5.74, 6) is -2.65. The summed E-state index contributed by atoms with van der Waals surface area (Å²) in [7, 11) is 2.96. The van der Waals surface area contributed by atoms with E-state index in [0.29, 0.717) is 39.6 Å². The van der Waals surface area contributed by atoms with Crippen LogP contribution in [0, 0.1) is 0 Å². The molecule has 0 spiro atoms. The summed E-state index contributed by atoms with van der Waals surface area (Å²) < 4.78 is 10.6. The predicted octanol–water partition coefficient (Wildman–Crippen LogP) is 11.1. The highest BCUT2D eigenvalue weighted by molar-refractivity contribution is 6.35. The predicted molar refractivity (Wildman–Crippen MR) is 260 cm³/mol. The molecule has 0 aromatic heterocycles. The van der Waals surface area contributed by atoms with Crippen molar-refractivity contribution >= 4 is 127 Å². The number of rotatable bonds is 20. The molecule has 5 rings (SSSR count). The highest BCUT2D eigenvalue weighted by atomic mass is 35.5. The lowest BCUT2D eigenvalue weighted by molar-refractivity contribution is -0.127. The van der Waals surface area contributed by atoms with Gasteiger partial charge in [-0.25, -0.2) is 0 Å². The first-order chi connectivity index (χ1) is 32.0. The number of amides is 4. The fourth-order valence-corrected chi connectivity index (χ4v) is 7.07. The van der Waals surface area contributed by atoms with Crippen LogP contribution in [-0.2, 0) is 37.4 Å². The van der Waals surface area contributed by atoms with Crippen molar-refractivity contribution in [3.63, 3.8) is 0 Å². The van der Waals surface area contributed by atoms with E-state index in [2.05, 4.69) is 41.7 Å². The third-order valence-corrected chi connectivity index (χ3v) is 10.9. The Kier molecular flexibility index (Phi) is 18.8. The second-order valence-corrected chi connectivity index (χ2v) is 16.1. The fourth-order valence-electron chi connectivity index (χ4n) is 6.15. The maximum Gasteiger partial charge on any atom is 0.258 e. The Hall–Kier alpha value is -6.43. The lowest BCUT2D eigenvalue weighted by atomic mass is 10.1. The van der Waals surface area contributed by atoms with E-state index in [0.717, 1.165) is 6.92 Å². The van der Waals surface area contributed by atoms with Crippen LogP contribution in [0.25, 0.3) is 0 Å². The van der Waals surface area contributed by atoms with E-state index in [-0.39, 0.29) is 68.0 Å². The van der Waals surface area contributed by atoms with Gasteiger partial charge in [0.25, 0.3) is 23.6 Å². The van der Waals surface area contributed by atoms with Crippen LogP contribution in [-0.4, -0.2) is 67.4 Å². The summed E-state index contributed by atoms with van der Waals surface area (Å²) in [6.07, 6.45) is 0.208. The van der Waals surface area contributed by atoms with Crippen LogP contribution in [0.15, 0.2) is 111 Å². The lowest BCUT2D eigenvalue weighted by Gasteiger charge is -2.15. The van der Waals surface area contributed by atoms with E-state index < -0.39 is 47.3 Å². The first-order valence-electron chi connectivity index (χ1n) is 19.9. The Morgan fingerprint density at radius 2 is 1.01 bits per heavy atom. The van der Waals surface area contributed by atoms with Gasteiger partial charge >= 0.3 is 0 Å². The smallest absolute Gasteiger partial charge is 0.258 e. The van der Waals surface area contributed by atoms with Gasteiger partial charge in [-0.15, -0.1) is 34.8 Å². The van der Waals surface area contributed by atoms with E-state index in [1.54, 1.807) is 36.4 Å². The number of hydrogen-bond donors (Lipinski definition) is 4. The molecule has 0 aliphatic heterocycles. The second kappa shape index (κ2) is 24.4. The molecule has 0 saturated heterocycles. The minimum absolute atomic E-state index is 0.0397. The molecular formula is C46H41Cl5N8O8. The zero-order valence-corrected chi connectivity index (χ0v) is 39.9. The van der Waals surface area contributed by atoms with Gasteiger partial charge in [-0.1, -0.05) is 23.2 Å². The zero-order chi connectivity index (χ0) is 48.8. The number of ether oxygens (including phenoxy) is 2. The van der Waals surface area contributed by atoms with Crippen molar-refractivity contribution in [3.05, 3.63) is 129 Å². The molecule has 0 saturated carbocycles. The fraction of sp³-hybridized carbons (Fsp3) is 0.217. The third-order valence-electron chi connectivity index (χ3n) is 9.46. The second-order valence-electron chi connectivity index (χ2n) is 14.4. The standard InChI is InChI=1S/C46H41Cl5N8O8/c1-24(60)41(58-56-30-5-8-38(50)36(20-30)43(62)53-32-13-26(22-48)15-34(18-32)66-3)45(64)52-29-7-10-40(28(17-29)11-12-47)55-46(65)42(25(2)61)59-57-31-6-9-39(51)37(21-31)44(63)54-33-14-27(23-49)16-35(19-33)67-4/h5-10,13-21,41-42H,11-12,22-23H2,1-4H3,(H,52,64)(H,53,62)(H,54,63)(H,55,65). The first kappa shape index (κ1) is 51.6. The third kappa shape index (κ3) is 14.3. The summed E-state index contributed by atoms with van der Waals surface area (Å²) >= 11 is 30.8. The van der Waals surface area contributed by atoms with E-state index in [4.69, 9.17) is 67.5 Å². The van der Waals surface area contributed by atoms with Crippen LogP contribution in [0.3, 0.4) is 0 Å². The van der Waals surface area contributed by atoms with E-state index in [1.807, 2.05) is 0 Å². The molecule has 4 N–H and O–H groups in total. The average molecular weight is 1010 g/mol. The molecule has 0 heterocycles. The molecule has 67 heavy (non-hydrogen) atoms. The van der Waals surface area contributed by atoms with Crippen molar-refractivity contribution in [1.29, 1.82) is 0 Å². The number of ketones is 2. The normalized spacial score (nSPS) is 12.0. The quantitative estimate of drug-likeness (QED) is 0.0333. The molecule has 2 unspecified atom stereocenters. The van der Waals surface area contributed by atoms with E-state index in [1.165, 1.54) is 75.7 Å². The minimum Gasteiger partial charge on any atom is -0.497 e. The number of nitrogens with one attached hydrogen (secondary N) is 4. The number of carbonyl (C=O) groups excluding carboxylic acids is 6. The highest BCUT2D eigenvalue weighted by Crippen LogP contribution is 2.30. The number of nitrogens with zero attached hydrogens (tertiary/aromatic N) is 4. The van der Waals surface area contributed by atoms with Crippen LogP contribution in [0.2, 0.25) is 10.0 Å². The summed E-state index contributed by atoms with van der Waals surface area (Å²) in [5, 5.41) is 27.1. The summed E-state index contributed by atoms with van der Waals surface area (Å²) in [6.45, 7) is 2.33. The summed E-state index contributed by atoms with van der Waals surface area (Å²) in [4.78, 5) is 78.7. The van der Waals surface area contributed by atoms with Crippen LogP contribution in [0.4, 0.5) is 34.1 Å². The molecule has 16 nitrogen and oxygen atoms in total. The van der Waals surface area contributed by atoms with Crippen LogP contribution < -0.4 is 30.7 Å². The van der Waals surface area contributed by atoms with Crippen LogP contribution in [0.1, 0.15) is 51.3 Å². The number of benzene rings is 5. The van der Waals surface area contributed by atoms with Crippen molar-refractivity contribution < 1.29 is 38.2 Å². The first-order valence-corrected chi connectivity index (χ1v) is 22.2. The number of azo groups is 2. The Balaban J connectivity index is 1.27. The van der Waals surface area contributed by atoms with Gasteiger partial charge in [0.2, 0.25) is 12.1 Å². The van der Waals surface area contributed by atoms with Gasteiger partial charge in [0.05, 0.1) is 46.8 Å². The Morgan fingerprint density at radius 3 is 1.43 bits per heavy atom. The average Bonchev–Trinajstić information content (AvgIpc) is 3.30. The van der Waals surface area contributed by atoms with Gasteiger partial charge in [0, 0.05) is 52.5 Å². The van der Waals surface area contributed by atoms with Gasteiger partial charge in [-0.2, -0.15) is 20.5 Å². The van der Waals surface area contributed by atoms with Crippen molar-refractivity contribution in [2.45, 2.75) is 44.1 Å². The number of methoxy groups -OCH3 is 2. The van der Waals surface area contributed by atoms with Crippen molar-refractivity contribution in [2.24, 2.45) is 20.5 Å². The minimum atomic E-state index is -1.60. The van der Waals surface area contributed by atoms with E-state index in [9.17, 15) is 28.8 Å². The highest BCUT2D eigenvalue weighted by Gasteiger charge is 2.26. The zero-order valence-electron chi connectivity index (χ0n) is 36.1. The summed E-state index contributed by atoms with van der Waals surface area (Å²) in [6, 6.07) is 19.7. The maximum atomic E-state index is 13.5. The number of Topliss-reactive ketones (excluding diaryl/α,β-unsaturated/α-hetero) is 2. The molecule has 21 heteroatoms. The molecule has 0 aliphatic carbocycles. The van der Waals surface area contributed by atoms with Crippen LogP contribution >= 0.6 is 58.0 Å². The molecule has 0 fully saturated rings. The number of anilines is 4. The van der Waals surface area contributed by atoms with E-state index >= 15 is 0 Å². The van der Waals surface area contributed by atoms with Gasteiger partial charge in [0.1, 0.15) is 11.5 Å². The molecule has 5 aromatic carbocycles. The molecule has 348 valence electrons. The van der Waals surface area contributed by atoms with Crippen LogP contribution in [0.5, 0.6) is 11.5 Å². The molecule has 0 aliphatic rings. The number of alkyl halides is 3. The molecule has 5 aromatic rings. The Morgan fingerprint density at radius 1 is 0.552 bits per heavy atom. The number of hydrogen-bond acceptors (Lipinski definition) is 12. The monoisotopic (exact) mass is 1010 g/mol.